The maximum absolute atomic E-state index is 12.5. The zero-order valence-electron chi connectivity index (χ0n) is 17.1. The number of carbonyl (C=O) groups is 1. The van der Waals surface area contributed by atoms with Gasteiger partial charge >= 0.3 is 0 Å². The Morgan fingerprint density at radius 1 is 1.14 bits per heavy atom. The number of hydrogen-bond donors (Lipinski definition) is 1. The van der Waals surface area contributed by atoms with E-state index in [9.17, 15) is 13.2 Å². The van der Waals surface area contributed by atoms with Gasteiger partial charge < -0.3 is 10.2 Å². The van der Waals surface area contributed by atoms with E-state index < -0.39 is 10.0 Å². The number of rotatable bonds is 6. The third-order valence-electron chi connectivity index (χ3n) is 5.12. The molecule has 0 bridgehead atoms. The van der Waals surface area contributed by atoms with Gasteiger partial charge in [0.05, 0.1) is 4.90 Å². The Kier molecular flexibility index (Phi) is 6.37. The minimum Gasteiger partial charge on any atom is -0.362 e. The van der Waals surface area contributed by atoms with Gasteiger partial charge in [-0.2, -0.15) is 8.42 Å². The number of nitrogens with zero attached hydrogens (tertiary/aromatic N) is 2. The molecule has 7 heteroatoms. The van der Waals surface area contributed by atoms with Crippen LogP contribution in [0.25, 0.3) is 0 Å². The fraction of sp³-hybridized carbons (Fsp3) is 0.364. The summed E-state index contributed by atoms with van der Waals surface area (Å²) in [5.41, 5.74) is 4.11. The molecule has 0 radical (unpaired) electrons. The van der Waals surface area contributed by atoms with Gasteiger partial charge in [0, 0.05) is 32.1 Å². The maximum Gasteiger partial charge on any atom is 0.283 e. The lowest BCUT2D eigenvalue weighted by Gasteiger charge is -2.11. The number of aryl methyl sites for hydroxylation is 3. The zero-order chi connectivity index (χ0) is 21.0. The molecule has 2 aromatic carbocycles. The molecule has 6 nitrogen and oxygen atoms in total. The highest BCUT2D eigenvalue weighted by Crippen LogP contribution is 2.19. The van der Waals surface area contributed by atoms with Crippen molar-refractivity contribution < 1.29 is 13.2 Å². The molecule has 0 spiro atoms. The van der Waals surface area contributed by atoms with Crippen LogP contribution in [0, 0.1) is 13.8 Å². The van der Waals surface area contributed by atoms with Crippen LogP contribution in [0.5, 0.6) is 0 Å². The van der Waals surface area contributed by atoms with Gasteiger partial charge in [-0.3, -0.25) is 4.79 Å². The van der Waals surface area contributed by atoms with E-state index in [2.05, 4.69) is 21.8 Å². The number of amidine groups is 1. The Hall–Kier alpha value is -2.67. The Labute approximate surface area is 172 Å². The highest BCUT2D eigenvalue weighted by molar-refractivity contribution is 7.90. The van der Waals surface area contributed by atoms with Crippen LogP contribution in [0.3, 0.4) is 0 Å². The Morgan fingerprint density at radius 3 is 2.48 bits per heavy atom. The van der Waals surface area contributed by atoms with Crippen LogP contribution in [0.15, 0.2) is 51.8 Å². The highest BCUT2D eigenvalue weighted by Gasteiger charge is 2.20. The van der Waals surface area contributed by atoms with Gasteiger partial charge in [0.25, 0.3) is 10.0 Å². The number of carbonyl (C=O) groups excluding carboxylic acids is 1. The van der Waals surface area contributed by atoms with E-state index in [1.165, 1.54) is 23.3 Å². The summed E-state index contributed by atoms with van der Waals surface area (Å²) in [5.74, 6) is 0.488. The largest absolute Gasteiger partial charge is 0.362 e. The Bertz CT molecular complexity index is 1030. The molecule has 1 N–H and O–H groups in total. The normalized spacial score (nSPS) is 15.7. The van der Waals surface area contributed by atoms with E-state index in [1.807, 2.05) is 31.9 Å². The molecule has 0 saturated carbocycles. The first-order chi connectivity index (χ1) is 13.7. The van der Waals surface area contributed by atoms with Crippen molar-refractivity contribution in [1.29, 1.82) is 0 Å². The Morgan fingerprint density at radius 2 is 1.86 bits per heavy atom. The molecule has 3 rings (SSSR count). The van der Waals surface area contributed by atoms with Crippen molar-refractivity contribution in [1.82, 2.24) is 4.90 Å². The highest BCUT2D eigenvalue weighted by atomic mass is 32.2. The molecular weight excluding hydrogens is 386 g/mol. The van der Waals surface area contributed by atoms with Crippen molar-refractivity contribution in [3.8, 4) is 0 Å². The first-order valence-corrected chi connectivity index (χ1v) is 11.2. The SMILES string of the molecule is Cc1ccc(CCC(=O)Nc2ccc(S(=O)(=O)/N=C3\CCCN3C)cc2)c(C)c1. The molecule has 1 amide bonds. The summed E-state index contributed by atoms with van der Waals surface area (Å²) in [5, 5.41) is 2.82. The van der Waals surface area contributed by atoms with Crippen LogP contribution >= 0.6 is 0 Å². The number of amides is 1. The van der Waals surface area contributed by atoms with Crippen molar-refractivity contribution in [2.24, 2.45) is 4.40 Å². The number of sulfonamides is 1. The van der Waals surface area contributed by atoms with E-state index >= 15 is 0 Å². The lowest BCUT2D eigenvalue weighted by Crippen LogP contribution is -2.20. The molecule has 0 aliphatic carbocycles. The molecule has 1 aliphatic rings. The van der Waals surface area contributed by atoms with Gasteiger partial charge in [-0.1, -0.05) is 23.8 Å². The summed E-state index contributed by atoms with van der Waals surface area (Å²) in [7, 11) is -1.90. The Balaban J connectivity index is 1.60. The van der Waals surface area contributed by atoms with Crippen molar-refractivity contribution in [2.45, 2.75) is 44.4 Å². The van der Waals surface area contributed by atoms with Crippen molar-refractivity contribution in [3.05, 3.63) is 59.2 Å². The van der Waals surface area contributed by atoms with E-state index in [0.29, 0.717) is 30.8 Å². The second kappa shape index (κ2) is 8.78. The molecule has 0 atom stereocenters. The summed E-state index contributed by atoms with van der Waals surface area (Å²) >= 11 is 0. The molecule has 154 valence electrons. The van der Waals surface area contributed by atoms with Crippen molar-refractivity contribution >= 4 is 27.5 Å². The van der Waals surface area contributed by atoms with Gasteiger partial charge in [0.15, 0.2) is 0 Å². The summed E-state index contributed by atoms with van der Waals surface area (Å²) in [6.07, 6.45) is 2.61. The minimum absolute atomic E-state index is 0.103. The third kappa shape index (κ3) is 5.44. The van der Waals surface area contributed by atoms with E-state index in [1.54, 1.807) is 12.1 Å². The minimum atomic E-state index is -3.74. The van der Waals surface area contributed by atoms with Gasteiger partial charge in [-0.05, 0) is 62.1 Å². The number of benzene rings is 2. The van der Waals surface area contributed by atoms with E-state index in [0.717, 1.165) is 18.5 Å². The monoisotopic (exact) mass is 413 g/mol. The van der Waals surface area contributed by atoms with Crippen LogP contribution in [-0.2, 0) is 21.2 Å². The molecule has 1 fully saturated rings. The van der Waals surface area contributed by atoms with Crippen LogP contribution < -0.4 is 5.32 Å². The molecule has 29 heavy (non-hydrogen) atoms. The number of anilines is 1. The fourth-order valence-electron chi connectivity index (χ4n) is 3.41. The van der Waals surface area contributed by atoms with Crippen LogP contribution in [0.1, 0.15) is 36.0 Å². The lowest BCUT2D eigenvalue weighted by molar-refractivity contribution is -0.116. The van der Waals surface area contributed by atoms with Gasteiger partial charge in [-0.25, -0.2) is 0 Å². The molecule has 1 aliphatic heterocycles. The zero-order valence-corrected chi connectivity index (χ0v) is 17.9. The predicted octanol–water partition coefficient (Wildman–Crippen LogP) is 3.69. The molecule has 0 aromatic heterocycles. The summed E-state index contributed by atoms with van der Waals surface area (Å²) in [4.78, 5) is 14.2. The van der Waals surface area contributed by atoms with Crippen LogP contribution in [0.2, 0.25) is 0 Å². The van der Waals surface area contributed by atoms with E-state index in [4.69, 9.17) is 0 Å². The van der Waals surface area contributed by atoms with E-state index in [-0.39, 0.29) is 10.8 Å². The first-order valence-electron chi connectivity index (χ1n) is 9.75. The van der Waals surface area contributed by atoms with Gasteiger partial charge in [0.2, 0.25) is 5.91 Å². The van der Waals surface area contributed by atoms with Gasteiger partial charge in [-0.15, -0.1) is 4.40 Å². The molecular formula is C22H27N3O3S. The summed E-state index contributed by atoms with van der Waals surface area (Å²) < 4.78 is 28.9. The number of likely N-dealkylation sites (tertiary alicyclic amines) is 1. The second-order valence-corrected chi connectivity index (χ2v) is 9.11. The standard InChI is InChI=1S/C22H27N3O3S/c1-16-6-7-18(17(2)15-16)8-13-22(26)23-19-9-11-20(12-10-19)29(27,28)24-21-5-4-14-25(21)3/h6-7,9-12,15H,4-5,8,13-14H2,1-3H3,(H,23,26)/b24-21+. The molecule has 1 saturated heterocycles. The molecule has 1 heterocycles. The molecule has 2 aromatic rings. The quantitative estimate of drug-likeness (QED) is 0.783. The molecule has 0 unspecified atom stereocenters. The smallest absolute Gasteiger partial charge is 0.283 e. The maximum atomic E-state index is 12.5. The predicted molar refractivity (Wildman–Crippen MR) is 116 cm³/mol. The summed E-state index contributed by atoms with van der Waals surface area (Å²) in [6, 6.07) is 12.4. The lowest BCUT2D eigenvalue weighted by atomic mass is 10.0. The third-order valence-corrected chi connectivity index (χ3v) is 6.43. The van der Waals surface area contributed by atoms with Gasteiger partial charge in [0.1, 0.15) is 5.84 Å². The fourth-order valence-corrected chi connectivity index (χ4v) is 4.50. The second-order valence-electron chi connectivity index (χ2n) is 7.51. The van der Waals surface area contributed by atoms with Crippen LogP contribution in [0.4, 0.5) is 5.69 Å². The average molecular weight is 414 g/mol. The average Bonchev–Trinajstić information content (AvgIpc) is 3.05. The topological polar surface area (TPSA) is 78.8 Å². The summed E-state index contributed by atoms with van der Waals surface area (Å²) in [6.45, 7) is 4.92. The van der Waals surface area contributed by atoms with Crippen molar-refractivity contribution in [3.63, 3.8) is 0 Å². The number of nitrogens with one attached hydrogen (secondary N) is 1. The number of hydrogen-bond acceptors (Lipinski definition) is 3. The van der Waals surface area contributed by atoms with Crippen molar-refractivity contribution in [2.75, 3.05) is 18.9 Å². The van der Waals surface area contributed by atoms with Crippen LogP contribution in [-0.4, -0.2) is 38.7 Å². The first kappa shape index (κ1) is 21.0.